The van der Waals surface area contributed by atoms with Crippen LogP contribution >= 0.6 is 15.9 Å². The SMILES string of the molecule is NC(=O)C1CCCCN1c1ccc(Br)cc1CNC1CC1. The third-order valence-electron chi connectivity index (χ3n) is 4.34. The van der Waals surface area contributed by atoms with Crippen molar-refractivity contribution in [2.24, 2.45) is 5.73 Å². The van der Waals surface area contributed by atoms with Crippen molar-refractivity contribution in [3.05, 3.63) is 28.2 Å². The normalized spacial score (nSPS) is 22.3. The summed E-state index contributed by atoms with van der Waals surface area (Å²) in [6.07, 6.45) is 5.61. The third kappa shape index (κ3) is 3.58. The minimum atomic E-state index is -0.210. The Bertz CT molecular complexity index is 530. The lowest BCUT2D eigenvalue weighted by Crippen LogP contribution is -2.48. The van der Waals surface area contributed by atoms with Gasteiger partial charge in [0.1, 0.15) is 6.04 Å². The Morgan fingerprint density at radius 3 is 2.86 bits per heavy atom. The fraction of sp³-hybridized carbons (Fsp3) is 0.562. The quantitative estimate of drug-likeness (QED) is 0.856. The molecule has 0 radical (unpaired) electrons. The molecule has 21 heavy (non-hydrogen) atoms. The molecule has 1 saturated heterocycles. The molecule has 1 unspecified atom stereocenters. The van der Waals surface area contributed by atoms with Crippen LogP contribution in [0, 0.1) is 0 Å². The maximum atomic E-state index is 11.7. The van der Waals surface area contributed by atoms with E-state index in [4.69, 9.17) is 5.73 Å². The number of carbonyl (C=O) groups excluding carboxylic acids is 1. The van der Waals surface area contributed by atoms with Gasteiger partial charge in [-0.2, -0.15) is 0 Å². The van der Waals surface area contributed by atoms with Crippen molar-refractivity contribution in [1.29, 1.82) is 0 Å². The van der Waals surface area contributed by atoms with Crippen LogP contribution in [0.4, 0.5) is 5.69 Å². The molecule has 2 aliphatic rings. The van der Waals surface area contributed by atoms with E-state index in [1.807, 2.05) is 6.07 Å². The molecule has 114 valence electrons. The topological polar surface area (TPSA) is 58.4 Å². The molecule has 3 N–H and O–H groups in total. The maximum absolute atomic E-state index is 11.7. The lowest BCUT2D eigenvalue weighted by Gasteiger charge is -2.37. The maximum Gasteiger partial charge on any atom is 0.240 e. The van der Waals surface area contributed by atoms with Gasteiger partial charge in [0.25, 0.3) is 0 Å². The second-order valence-electron chi connectivity index (χ2n) is 6.04. The number of anilines is 1. The second-order valence-corrected chi connectivity index (χ2v) is 6.95. The predicted octanol–water partition coefficient (Wildman–Crippen LogP) is 2.55. The van der Waals surface area contributed by atoms with Crippen LogP contribution in [0.2, 0.25) is 0 Å². The van der Waals surface area contributed by atoms with Crippen molar-refractivity contribution in [3.8, 4) is 0 Å². The summed E-state index contributed by atoms with van der Waals surface area (Å²) in [6, 6.07) is 6.81. The third-order valence-corrected chi connectivity index (χ3v) is 4.83. The van der Waals surface area contributed by atoms with E-state index in [0.717, 1.165) is 42.5 Å². The van der Waals surface area contributed by atoms with Gasteiger partial charge in [0.05, 0.1) is 0 Å². The zero-order valence-corrected chi connectivity index (χ0v) is 13.7. The van der Waals surface area contributed by atoms with Crippen molar-refractivity contribution >= 4 is 27.5 Å². The monoisotopic (exact) mass is 351 g/mol. The van der Waals surface area contributed by atoms with Gasteiger partial charge in [-0.1, -0.05) is 15.9 Å². The van der Waals surface area contributed by atoms with Crippen LogP contribution in [-0.4, -0.2) is 24.5 Å². The van der Waals surface area contributed by atoms with Crippen molar-refractivity contribution in [1.82, 2.24) is 5.32 Å². The molecular formula is C16H22BrN3O. The van der Waals surface area contributed by atoms with Gasteiger partial charge in [0.2, 0.25) is 5.91 Å². The van der Waals surface area contributed by atoms with Gasteiger partial charge in [-0.15, -0.1) is 0 Å². The largest absolute Gasteiger partial charge is 0.368 e. The number of piperidine rings is 1. The number of amides is 1. The summed E-state index contributed by atoms with van der Waals surface area (Å²) in [4.78, 5) is 13.9. The summed E-state index contributed by atoms with van der Waals surface area (Å²) in [6.45, 7) is 1.76. The smallest absolute Gasteiger partial charge is 0.240 e. The molecule has 4 nitrogen and oxygen atoms in total. The number of primary amides is 1. The Hall–Kier alpha value is -1.07. The average molecular weight is 352 g/mol. The summed E-state index contributed by atoms with van der Waals surface area (Å²) in [7, 11) is 0. The number of hydrogen-bond donors (Lipinski definition) is 2. The molecule has 0 aromatic heterocycles. The number of nitrogens with one attached hydrogen (secondary N) is 1. The minimum Gasteiger partial charge on any atom is -0.368 e. The molecule has 1 atom stereocenters. The Morgan fingerprint density at radius 2 is 2.14 bits per heavy atom. The van der Waals surface area contributed by atoms with Crippen LogP contribution < -0.4 is 16.0 Å². The standard InChI is InChI=1S/C16H22BrN3O/c17-12-4-7-14(11(9-12)10-19-13-5-6-13)20-8-2-1-3-15(20)16(18)21/h4,7,9,13,15,19H,1-3,5-6,8,10H2,(H2,18,21). The molecule has 2 fully saturated rings. The molecule has 1 amide bonds. The highest BCUT2D eigenvalue weighted by Crippen LogP contribution is 2.31. The number of rotatable bonds is 5. The Balaban J connectivity index is 1.85. The van der Waals surface area contributed by atoms with E-state index >= 15 is 0 Å². The second kappa shape index (κ2) is 6.36. The van der Waals surface area contributed by atoms with Gasteiger partial charge in [-0.05, 0) is 55.9 Å². The molecule has 0 bridgehead atoms. The summed E-state index contributed by atoms with van der Waals surface area (Å²) < 4.78 is 1.08. The van der Waals surface area contributed by atoms with Gasteiger partial charge in [0.15, 0.2) is 0 Å². The van der Waals surface area contributed by atoms with E-state index in [0.29, 0.717) is 6.04 Å². The molecule has 1 aromatic carbocycles. The van der Waals surface area contributed by atoms with Gasteiger partial charge < -0.3 is 16.0 Å². The fourth-order valence-corrected chi connectivity index (χ4v) is 3.44. The molecule has 1 saturated carbocycles. The summed E-state index contributed by atoms with van der Waals surface area (Å²) in [5.74, 6) is -0.210. The zero-order valence-electron chi connectivity index (χ0n) is 12.1. The van der Waals surface area contributed by atoms with Gasteiger partial charge >= 0.3 is 0 Å². The molecule has 5 heteroatoms. The van der Waals surface area contributed by atoms with Crippen molar-refractivity contribution in [3.63, 3.8) is 0 Å². The number of benzene rings is 1. The van der Waals surface area contributed by atoms with Crippen molar-refractivity contribution in [2.45, 2.75) is 50.7 Å². The number of halogens is 1. The van der Waals surface area contributed by atoms with Crippen LogP contribution in [0.5, 0.6) is 0 Å². The molecule has 1 aliphatic carbocycles. The van der Waals surface area contributed by atoms with Gasteiger partial charge in [-0.25, -0.2) is 0 Å². The molecule has 0 spiro atoms. The molecular weight excluding hydrogens is 330 g/mol. The van der Waals surface area contributed by atoms with Gasteiger partial charge in [-0.3, -0.25) is 4.79 Å². The number of nitrogens with zero attached hydrogens (tertiary/aromatic N) is 1. The highest BCUT2D eigenvalue weighted by atomic mass is 79.9. The van der Waals surface area contributed by atoms with Crippen LogP contribution in [0.3, 0.4) is 0 Å². The first kappa shape index (κ1) is 14.9. The van der Waals surface area contributed by atoms with Crippen LogP contribution in [0.15, 0.2) is 22.7 Å². The van der Waals surface area contributed by atoms with E-state index in [9.17, 15) is 4.79 Å². The lowest BCUT2D eigenvalue weighted by molar-refractivity contribution is -0.119. The summed E-state index contributed by atoms with van der Waals surface area (Å²) in [5.41, 5.74) is 7.99. The fourth-order valence-electron chi connectivity index (χ4n) is 3.03. The van der Waals surface area contributed by atoms with Crippen molar-refractivity contribution < 1.29 is 4.79 Å². The Labute approximate surface area is 134 Å². The number of nitrogens with two attached hydrogens (primary N) is 1. The van der Waals surface area contributed by atoms with Crippen LogP contribution in [0.25, 0.3) is 0 Å². The van der Waals surface area contributed by atoms with Crippen LogP contribution in [0.1, 0.15) is 37.7 Å². The predicted molar refractivity (Wildman–Crippen MR) is 88.2 cm³/mol. The first-order chi connectivity index (χ1) is 10.1. The Kier molecular flexibility index (Phi) is 4.50. The van der Waals surface area contributed by atoms with E-state index < -0.39 is 0 Å². The van der Waals surface area contributed by atoms with E-state index in [1.54, 1.807) is 0 Å². The lowest BCUT2D eigenvalue weighted by atomic mass is 9.99. The number of hydrogen-bond acceptors (Lipinski definition) is 3. The first-order valence-corrected chi connectivity index (χ1v) is 8.52. The summed E-state index contributed by atoms with van der Waals surface area (Å²) in [5, 5.41) is 3.56. The van der Waals surface area contributed by atoms with E-state index in [-0.39, 0.29) is 11.9 Å². The van der Waals surface area contributed by atoms with E-state index in [2.05, 4.69) is 38.3 Å². The summed E-state index contributed by atoms with van der Waals surface area (Å²) >= 11 is 3.55. The minimum absolute atomic E-state index is 0.167. The Morgan fingerprint density at radius 1 is 1.33 bits per heavy atom. The van der Waals surface area contributed by atoms with Crippen LogP contribution in [-0.2, 0) is 11.3 Å². The van der Waals surface area contributed by atoms with Gasteiger partial charge in [0, 0.05) is 29.3 Å². The first-order valence-electron chi connectivity index (χ1n) is 7.73. The van der Waals surface area contributed by atoms with E-state index in [1.165, 1.54) is 18.4 Å². The van der Waals surface area contributed by atoms with Crippen molar-refractivity contribution in [2.75, 3.05) is 11.4 Å². The highest BCUT2D eigenvalue weighted by Gasteiger charge is 2.29. The average Bonchev–Trinajstić information content (AvgIpc) is 3.29. The molecule has 1 aromatic rings. The number of carbonyl (C=O) groups is 1. The molecule has 3 rings (SSSR count). The highest BCUT2D eigenvalue weighted by molar-refractivity contribution is 9.10. The molecule has 1 aliphatic heterocycles. The zero-order chi connectivity index (χ0) is 14.8. The molecule has 1 heterocycles.